The van der Waals surface area contributed by atoms with E-state index in [0.717, 1.165) is 80.6 Å². The molecule has 5 rings (SSSR count). The number of nitrogen functional groups attached to an aromatic ring is 1. The Morgan fingerprint density at radius 2 is 1.90 bits per heavy atom. The first kappa shape index (κ1) is 37.0. The lowest BCUT2D eigenvalue weighted by molar-refractivity contribution is 0.220. The smallest absolute Gasteiger partial charge is 0.244 e. The van der Waals surface area contributed by atoms with E-state index in [1.54, 1.807) is 12.3 Å². The summed E-state index contributed by atoms with van der Waals surface area (Å²) in [6, 6.07) is 7.77. The van der Waals surface area contributed by atoms with Crippen LogP contribution in [0.15, 0.2) is 75.4 Å². The van der Waals surface area contributed by atoms with Crippen LogP contribution < -0.4 is 15.2 Å². The molecule has 1 fully saturated rings. The Morgan fingerprint density at radius 1 is 1.14 bits per heavy atom. The van der Waals surface area contributed by atoms with Crippen molar-refractivity contribution in [3.63, 3.8) is 0 Å². The molecule has 0 saturated carbocycles. The summed E-state index contributed by atoms with van der Waals surface area (Å²) in [5.74, 6) is 2.01. The van der Waals surface area contributed by atoms with Crippen LogP contribution in [0.2, 0.25) is 0 Å². The highest BCUT2D eigenvalue weighted by Gasteiger charge is 2.32. The fourth-order valence-electron chi connectivity index (χ4n) is 7.18. The van der Waals surface area contributed by atoms with Gasteiger partial charge in [0.1, 0.15) is 16.5 Å². The van der Waals surface area contributed by atoms with Crippen LogP contribution in [-0.4, -0.2) is 57.3 Å². The van der Waals surface area contributed by atoms with E-state index in [9.17, 15) is 8.42 Å². The Hall–Kier alpha value is -3.27. The molecule has 0 radical (unpaired) electrons. The van der Waals surface area contributed by atoms with E-state index in [1.807, 2.05) is 18.3 Å². The van der Waals surface area contributed by atoms with E-state index in [1.165, 1.54) is 16.7 Å². The molecule has 9 heteroatoms. The van der Waals surface area contributed by atoms with Gasteiger partial charge in [-0.05, 0) is 136 Å². The summed E-state index contributed by atoms with van der Waals surface area (Å²) < 4.78 is 36.0. The number of nitrogens with one attached hydrogen (secondary N) is 1. The van der Waals surface area contributed by atoms with Gasteiger partial charge < -0.3 is 15.4 Å². The molecule has 1 aromatic heterocycles. The number of hydrogen-bond donors (Lipinski definition) is 2. The van der Waals surface area contributed by atoms with Crippen molar-refractivity contribution in [1.29, 1.82) is 0 Å². The van der Waals surface area contributed by atoms with Crippen LogP contribution in [0.3, 0.4) is 0 Å². The number of benzene rings is 1. The van der Waals surface area contributed by atoms with Crippen LogP contribution in [0, 0.1) is 23.2 Å². The van der Waals surface area contributed by atoms with Crippen LogP contribution in [0.4, 0.5) is 5.82 Å². The maximum Gasteiger partial charge on any atom is 0.244 e. The number of aromatic nitrogens is 1. The van der Waals surface area contributed by atoms with Gasteiger partial charge in [0.05, 0.1) is 12.3 Å². The van der Waals surface area contributed by atoms with Crippen molar-refractivity contribution in [2.75, 3.05) is 39.0 Å². The van der Waals surface area contributed by atoms with Gasteiger partial charge in [-0.25, -0.2) is 18.1 Å². The lowest BCUT2D eigenvalue weighted by Crippen LogP contribution is -2.37. The molecule has 3 aliphatic rings. The summed E-state index contributed by atoms with van der Waals surface area (Å²) >= 11 is 0. The highest BCUT2D eigenvalue weighted by molar-refractivity contribution is 7.89. The molecule has 2 aromatic rings. The number of rotatable bonds is 13. The maximum absolute atomic E-state index is 13.4. The van der Waals surface area contributed by atoms with Gasteiger partial charge in [-0.15, -0.1) is 0 Å². The van der Waals surface area contributed by atoms with E-state index < -0.39 is 10.0 Å². The third-order valence-corrected chi connectivity index (χ3v) is 12.0. The number of allylic oxidation sites excluding steroid dienone is 5. The molecule has 49 heavy (non-hydrogen) atoms. The number of nitrogens with zero attached hydrogens (tertiary/aromatic N) is 3. The molecule has 1 atom stereocenters. The van der Waals surface area contributed by atoms with Crippen molar-refractivity contribution in [2.45, 2.75) is 91.4 Å². The monoisotopic (exact) mass is 687 g/mol. The molecule has 0 spiro atoms. The molecule has 266 valence electrons. The number of hydrogen-bond acceptors (Lipinski definition) is 7. The van der Waals surface area contributed by atoms with Crippen molar-refractivity contribution in [2.24, 2.45) is 28.2 Å². The average Bonchev–Trinajstić information content (AvgIpc) is 3.21. The third kappa shape index (κ3) is 9.10. The van der Waals surface area contributed by atoms with Crippen LogP contribution >= 0.6 is 0 Å². The maximum atomic E-state index is 13.4. The van der Waals surface area contributed by atoms with Crippen LogP contribution in [0.1, 0.15) is 85.6 Å². The predicted molar refractivity (Wildman–Crippen MR) is 202 cm³/mol. The number of sulfonamides is 1. The number of ether oxygens (including phenoxy) is 1. The van der Waals surface area contributed by atoms with Gasteiger partial charge in [0, 0.05) is 24.5 Å². The fourth-order valence-corrected chi connectivity index (χ4v) is 8.40. The summed E-state index contributed by atoms with van der Waals surface area (Å²) in [7, 11) is -1.72. The number of likely N-dealkylation sites (tertiary alicyclic amines) is 1. The zero-order chi connectivity index (χ0) is 35.3. The Labute approximate surface area is 295 Å². The van der Waals surface area contributed by atoms with Gasteiger partial charge >= 0.3 is 0 Å². The molecular formula is C40H57N5O3S. The Balaban J connectivity index is 1.30. The summed E-state index contributed by atoms with van der Waals surface area (Å²) in [6.45, 7) is 16.5. The molecule has 2 aliphatic heterocycles. The van der Waals surface area contributed by atoms with Crippen LogP contribution in [0.25, 0.3) is 11.1 Å². The summed E-state index contributed by atoms with van der Waals surface area (Å²) in [6.07, 6.45) is 14.9. The minimum Gasteiger partial charge on any atom is -0.493 e. The highest BCUT2D eigenvalue weighted by atomic mass is 32.2. The SMILES string of the molecule is CCC1C=CN=C2C=C(C)C(C)(C)CC2=C1CCCOc1ccc(-c2cnc(N)c(S(=O)(=O)NCC3CCN(C)CC3)c2)cc1CC(C)C. The normalized spacial score (nSPS) is 20.2. The van der Waals surface area contributed by atoms with Gasteiger partial charge in [0.25, 0.3) is 0 Å². The molecule has 3 N–H and O–H groups in total. The lowest BCUT2D eigenvalue weighted by atomic mass is 9.71. The average molecular weight is 688 g/mol. The van der Waals surface area contributed by atoms with Crippen molar-refractivity contribution in [1.82, 2.24) is 14.6 Å². The molecule has 8 nitrogen and oxygen atoms in total. The van der Waals surface area contributed by atoms with Gasteiger partial charge in [-0.1, -0.05) is 57.9 Å². The minimum atomic E-state index is -3.82. The molecule has 1 unspecified atom stereocenters. The molecule has 0 amide bonds. The highest BCUT2D eigenvalue weighted by Crippen LogP contribution is 2.42. The molecule has 3 heterocycles. The van der Waals surface area contributed by atoms with Crippen molar-refractivity contribution >= 4 is 21.6 Å². The van der Waals surface area contributed by atoms with E-state index in [-0.39, 0.29) is 16.1 Å². The number of pyridine rings is 1. The number of anilines is 1. The minimum absolute atomic E-state index is 0.00817. The second kappa shape index (κ2) is 15.7. The first-order chi connectivity index (χ1) is 23.3. The molecule has 1 aliphatic carbocycles. The second-order valence-electron chi connectivity index (χ2n) is 15.3. The summed E-state index contributed by atoms with van der Waals surface area (Å²) in [4.78, 5) is 11.4. The molecule has 1 aromatic carbocycles. The van der Waals surface area contributed by atoms with Crippen molar-refractivity contribution in [3.05, 3.63) is 71.1 Å². The fraction of sp³-hybridized carbons (Fsp3) is 0.550. The second-order valence-corrected chi connectivity index (χ2v) is 17.1. The number of fused-ring (bicyclic) bond motifs is 1. The standard InChI is InChI=1S/C40H57N5O3S/c1-8-30-13-16-42-36-21-28(4)40(5,6)24-35(36)34(30)10-9-19-48-37-12-11-31(22-32(37)20-27(2)3)33-23-38(39(41)43-26-33)49(46,47)44-25-29-14-17-45(7)18-15-29/h11-13,16,21-23,26-27,29-30,44H,8-10,14-15,17-20,24-25H2,1-7H3,(H2,41,43). The zero-order valence-corrected chi connectivity index (χ0v) is 31.5. The molecular weight excluding hydrogens is 631 g/mol. The number of piperidine rings is 1. The van der Waals surface area contributed by atoms with Crippen LogP contribution in [-0.2, 0) is 16.4 Å². The predicted octanol–water partition coefficient (Wildman–Crippen LogP) is 7.98. The van der Waals surface area contributed by atoms with E-state index in [4.69, 9.17) is 15.5 Å². The first-order valence-corrected chi connectivity index (χ1v) is 19.6. The Kier molecular flexibility index (Phi) is 11.9. The van der Waals surface area contributed by atoms with E-state index in [0.29, 0.717) is 36.5 Å². The molecule has 0 bridgehead atoms. The lowest BCUT2D eigenvalue weighted by Gasteiger charge is -2.34. The summed E-state index contributed by atoms with van der Waals surface area (Å²) in [5.41, 5.74) is 14.4. The topological polar surface area (TPSA) is 110 Å². The Bertz CT molecular complexity index is 1730. The quantitative estimate of drug-likeness (QED) is 0.207. The van der Waals surface area contributed by atoms with Gasteiger partial charge in [0.15, 0.2) is 0 Å². The number of nitrogens with two attached hydrogens (primary N) is 1. The van der Waals surface area contributed by atoms with E-state index >= 15 is 0 Å². The van der Waals surface area contributed by atoms with E-state index in [2.05, 4.69) is 81.4 Å². The first-order valence-electron chi connectivity index (χ1n) is 18.1. The Morgan fingerprint density at radius 3 is 2.61 bits per heavy atom. The van der Waals surface area contributed by atoms with Gasteiger partial charge in [-0.3, -0.25) is 4.99 Å². The summed E-state index contributed by atoms with van der Waals surface area (Å²) in [5, 5.41) is 0. The van der Waals surface area contributed by atoms with Crippen molar-refractivity contribution < 1.29 is 13.2 Å². The van der Waals surface area contributed by atoms with Gasteiger partial charge in [0.2, 0.25) is 10.0 Å². The van der Waals surface area contributed by atoms with Crippen LogP contribution in [0.5, 0.6) is 5.75 Å². The zero-order valence-electron chi connectivity index (χ0n) is 30.7. The van der Waals surface area contributed by atoms with Crippen molar-refractivity contribution in [3.8, 4) is 16.9 Å². The largest absolute Gasteiger partial charge is 0.493 e. The van der Waals surface area contributed by atoms with Gasteiger partial charge in [-0.2, -0.15) is 0 Å². The third-order valence-electron chi connectivity index (χ3n) is 10.6. The number of aliphatic imine (C=N–C) groups is 1. The molecule has 1 saturated heterocycles.